The van der Waals surface area contributed by atoms with Gasteiger partial charge in [-0.2, -0.15) is 0 Å². The van der Waals surface area contributed by atoms with Crippen LogP contribution in [0.2, 0.25) is 0 Å². The Morgan fingerprint density at radius 1 is 1.40 bits per heavy atom. The van der Waals surface area contributed by atoms with Crippen molar-refractivity contribution in [2.24, 2.45) is 0 Å². The summed E-state index contributed by atoms with van der Waals surface area (Å²) in [5.41, 5.74) is 3.55. The molecule has 0 radical (unpaired) electrons. The first kappa shape index (κ1) is 9.61. The third-order valence-corrected chi connectivity index (χ3v) is 2.19. The van der Waals surface area contributed by atoms with Gasteiger partial charge in [0.1, 0.15) is 0 Å². The first-order valence-corrected chi connectivity index (χ1v) is 4.53. The lowest BCUT2D eigenvalue weighted by Crippen LogP contribution is -2.19. The van der Waals surface area contributed by atoms with Gasteiger partial charge in [-0.15, -0.1) is 0 Å². The number of para-hydroxylation sites is 1. The fourth-order valence-corrected chi connectivity index (χ4v) is 1.56. The van der Waals surface area contributed by atoms with Gasteiger partial charge in [-0.25, -0.2) is 5.48 Å². The minimum atomic E-state index is -0.517. The summed E-state index contributed by atoms with van der Waals surface area (Å²) in [6.07, 6.45) is 0. The fourth-order valence-electron chi connectivity index (χ4n) is 1.56. The highest BCUT2D eigenvalue weighted by molar-refractivity contribution is 6.05. The molecule has 2 N–H and O–H groups in total. The number of carbonyl (C=O) groups is 1. The Bertz CT molecular complexity index is 523. The van der Waals surface area contributed by atoms with E-state index < -0.39 is 5.91 Å². The van der Waals surface area contributed by atoms with Gasteiger partial charge in [-0.3, -0.25) is 15.0 Å². The summed E-state index contributed by atoms with van der Waals surface area (Å²) < 4.78 is 0. The van der Waals surface area contributed by atoms with E-state index in [4.69, 9.17) is 5.21 Å². The molecule has 2 rings (SSSR count). The molecule has 76 valence electrons. The molecule has 0 aliphatic rings. The Kier molecular flexibility index (Phi) is 2.35. The third kappa shape index (κ3) is 1.67. The quantitative estimate of drug-likeness (QED) is 0.546. The second kappa shape index (κ2) is 3.67. The van der Waals surface area contributed by atoms with Crippen molar-refractivity contribution in [3.8, 4) is 0 Å². The molecule has 0 bridgehead atoms. The number of rotatable bonds is 1. The Balaban J connectivity index is 2.76. The molecule has 4 heteroatoms. The van der Waals surface area contributed by atoms with Crippen LogP contribution in [0.25, 0.3) is 10.9 Å². The maximum absolute atomic E-state index is 11.4. The lowest BCUT2D eigenvalue weighted by molar-refractivity contribution is 0.0708. The van der Waals surface area contributed by atoms with E-state index in [-0.39, 0.29) is 0 Å². The number of nitrogens with zero attached hydrogens (tertiary/aromatic N) is 1. The average molecular weight is 202 g/mol. The summed E-state index contributed by atoms with van der Waals surface area (Å²) in [5.74, 6) is -0.517. The Morgan fingerprint density at radius 2 is 2.13 bits per heavy atom. The molecule has 0 fully saturated rings. The SMILES string of the molecule is Cc1cc(C(=O)NO)c2ccccc2n1. The Hall–Kier alpha value is -1.94. The van der Waals surface area contributed by atoms with Crippen molar-refractivity contribution in [1.82, 2.24) is 10.5 Å². The molecule has 1 aromatic carbocycles. The van der Waals surface area contributed by atoms with Crippen molar-refractivity contribution in [1.29, 1.82) is 0 Å². The van der Waals surface area contributed by atoms with E-state index in [0.717, 1.165) is 16.6 Å². The highest BCUT2D eigenvalue weighted by atomic mass is 16.5. The first-order valence-electron chi connectivity index (χ1n) is 4.53. The van der Waals surface area contributed by atoms with E-state index in [9.17, 15) is 4.79 Å². The predicted molar refractivity (Wildman–Crippen MR) is 55.7 cm³/mol. The number of aromatic nitrogens is 1. The highest BCUT2D eigenvalue weighted by Crippen LogP contribution is 2.17. The van der Waals surface area contributed by atoms with Gasteiger partial charge in [-0.05, 0) is 19.1 Å². The standard InChI is InChI=1S/C11H10N2O2/c1-7-6-9(11(14)13-15)8-4-2-3-5-10(8)12-7/h2-6,15H,1H3,(H,13,14). The van der Waals surface area contributed by atoms with Crippen LogP contribution in [0.3, 0.4) is 0 Å². The molecule has 0 unspecified atom stereocenters. The molecule has 15 heavy (non-hydrogen) atoms. The van der Waals surface area contributed by atoms with E-state index in [1.807, 2.05) is 18.2 Å². The Morgan fingerprint density at radius 3 is 2.87 bits per heavy atom. The number of pyridine rings is 1. The number of hydrogen-bond donors (Lipinski definition) is 2. The molecule has 0 atom stereocenters. The van der Waals surface area contributed by atoms with Gasteiger partial charge in [-0.1, -0.05) is 18.2 Å². The van der Waals surface area contributed by atoms with Crippen molar-refractivity contribution < 1.29 is 10.0 Å². The summed E-state index contributed by atoms with van der Waals surface area (Å²) in [4.78, 5) is 15.7. The summed E-state index contributed by atoms with van der Waals surface area (Å²) in [6.45, 7) is 1.81. The summed E-state index contributed by atoms with van der Waals surface area (Å²) in [7, 11) is 0. The molecule has 1 amide bonds. The van der Waals surface area contributed by atoms with Crippen LogP contribution in [0, 0.1) is 6.92 Å². The summed E-state index contributed by atoms with van der Waals surface area (Å²) in [6, 6.07) is 8.96. The van der Waals surface area contributed by atoms with Crippen molar-refractivity contribution in [2.75, 3.05) is 0 Å². The smallest absolute Gasteiger partial charge is 0.275 e. The normalized spacial score (nSPS) is 10.3. The van der Waals surface area contributed by atoms with Crippen LogP contribution in [0.5, 0.6) is 0 Å². The molecule has 0 spiro atoms. The molecule has 2 aromatic rings. The lowest BCUT2D eigenvalue weighted by atomic mass is 10.1. The first-order chi connectivity index (χ1) is 7.22. The zero-order chi connectivity index (χ0) is 10.8. The third-order valence-electron chi connectivity index (χ3n) is 2.19. The number of benzene rings is 1. The minimum absolute atomic E-state index is 0.431. The van der Waals surface area contributed by atoms with E-state index >= 15 is 0 Å². The van der Waals surface area contributed by atoms with Crippen molar-refractivity contribution in [3.05, 3.63) is 41.6 Å². The molecule has 0 saturated carbocycles. The molecule has 0 aliphatic carbocycles. The second-order valence-electron chi connectivity index (χ2n) is 3.27. The molecule has 1 heterocycles. The van der Waals surface area contributed by atoms with Crippen molar-refractivity contribution in [2.45, 2.75) is 6.92 Å². The molecule has 1 aromatic heterocycles. The molecular weight excluding hydrogens is 192 g/mol. The van der Waals surface area contributed by atoms with Gasteiger partial charge in [0, 0.05) is 11.1 Å². The maximum atomic E-state index is 11.4. The maximum Gasteiger partial charge on any atom is 0.275 e. The molecular formula is C11H10N2O2. The van der Waals surface area contributed by atoms with E-state index in [1.165, 1.54) is 0 Å². The van der Waals surface area contributed by atoms with Gasteiger partial charge in [0.25, 0.3) is 5.91 Å². The topological polar surface area (TPSA) is 62.2 Å². The average Bonchev–Trinajstić information content (AvgIpc) is 2.26. The fraction of sp³-hybridized carbons (Fsp3) is 0.0909. The molecule has 0 saturated heterocycles. The second-order valence-corrected chi connectivity index (χ2v) is 3.27. The molecule has 4 nitrogen and oxygen atoms in total. The highest BCUT2D eigenvalue weighted by Gasteiger charge is 2.10. The molecule has 0 aliphatic heterocycles. The summed E-state index contributed by atoms with van der Waals surface area (Å²) in [5, 5.41) is 9.35. The number of fused-ring (bicyclic) bond motifs is 1. The lowest BCUT2D eigenvalue weighted by Gasteiger charge is -2.05. The number of carbonyl (C=O) groups excluding carboxylic acids is 1. The van der Waals surface area contributed by atoms with Gasteiger partial charge in [0.05, 0.1) is 11.1 Å². The predicted octanol–water partition coefficient (Wildman–Crippen LogP) is 1.66. The van der Waals surface area contributed by atoms with Crippen LogP contribution >= 0.6 is 0 Å². The number of aryl methyl sites for hydroxylation is 1. The van der Waals surface area contributed by atoms with Crippen molar-refractivity contribution >= 4 is 16.8 Å². The van der Waals surface area contributed by atoms with E-state index in [1.54, 1.807) is 24.5 Å². The van der Waals surface area contributed by atoms with Gasteiger partial charge >= 0.3 is 0 Å². The van der Waals surface area contributed by atoms with E-state index in [0.29, 0.717) is 5.56 Å². The largest absolute Gasteiger partial charge is 0.288 e. The van der Waals surface area contributed by atoms with Crippen LogP contribution in [0.4, 0.5) is 0 Å². The monoisotopic (exact) mass is 202 g/mol. The van der Waals surface area contributed by atoms with Crippen LogP contribution in [-0.2, 0) is 0 Å². The minimum Gasteiger partial charge on any atom is -0.288 e. The number of hydrogen-bond acceptors (Lipinski definition) is 3. The number of nitrogens with one attached hydrogen (secondary N) is 1. The zero-order valence-electron chi connectivity index (χ0n) is 8.19. The van der Waals surface area contributed by atoms with Crippen LogP contribution < -0.4 is 5.48 Å². The van der Waals surface area contributed by atoms with Gasteiger partial charge in [0.2, 0.25) is 0 Å². The van der Waals surface area contributed by atoms with Crippen molar-refractivity contribution in [3.63, 3.8) is 0 Å². The van der Waals surface area contributed by atoms with Crippen LogP contribution in [0.1, 0.15) is 16.1 Å². The van der Waals surface area contributed by atoms with Gasteiger partial charge in [0.15, 0.2) is 0 Å². The number of hydroxylamine groups is 1. The van der Waals surface area contributed by atoms with Crippen LogP contribution in [0.15, 0.2) is 30.3 Å². The Labute approximate surface area is 86.5 Å². The van der Waals surface area contributed by atoms with Gasteiger partial charge < -0.3 is 0 Å². The summed E-state index contributed by atoms with van der Waals surface area (Å²) >= 11 is 0. The zero-order valence-corrected chi connectivity index (χ0v) is 8.19. The van der Waals surface area contributed by atoms with E-state index in [2.05, 4.69) is 4.98 Å². The van der Waals surface area contributed by atoms with Crippen LogP contribution in [-0.4, -0.2) is 16.1 Å². The number of amides is 1.